The highest BCUT2D eigenvalue weighted by atomic mass is 19.4. The molecule has 0 aromatic heterocycles. The minimum absolute atomic E-state index is 0.0949. The summed E-state index contributed by atoms with van der Waals surface area (Å²) in [4.78, 5) is 67.2. The van der Waals surface area contributed by atoms with Crippen molar-refractivity contribution in [1.82, 2.24) is 15.5 Å². The minimum Gasteiger partial charge on any atom is -0.420 e. The summed E-state index contributed by atoms with van der Waals surface area (Å²) in [5, 5.41) is 7.58. The molecule has 0 spiro atoms. The van der Waals surface area contributed by atoms with Crippen molar-refractivity contribution in [2.75, 3.05) is 45.7 Å². The summed E-state index contributed by atoms with van der Waals surface area (Å²) in [6.45, 7) is 2.78. The summed E-state index contributed by atoms with van der Waals surface area (Å²) >= 11 is 0. The van der Waals surface area contributed by atoms with E-state index in [1.807, 2.05) is 0 Å². The third kappa shape index (κ3) is 9.55. The molecule has 4 aromatic rings. The van der Waals surface area contributed by atoms with Gasteiger partial charge in [-0.05, 0) is 48.7 Å². The molecule has 0 radical (unpaired) electrons. The van der Waals surface area contributed by atoms with Crippen molar-refractivity contribution in [1.29, 1.82) is 0 Å². The van der Waals surface area contributed by atoms with Gasteiger partial charge in [-0.15, -0.1) is 0 Å². The molecule has 0 aliphatic heterocycles. The molecule has 0 saturated heterocycles. The molecule has 0 unspecified atom stereocenters. The number of hydrogen-bond donors (Lipinski definition) is 3. The maximum absolute atomic E-state index is 16.0. The number of nitrogens with one attached hydrogen (secondary N) is 3. The maximum Gasteiger partial charge on any atom is 0.416 e. The minimum atomic E-state index is -4.59. The average molecular weight is 783 g/mol. The summed E-state index contributed by atoms with van der Waals surface area (Å²) in [6.07, 6.45) is -5.20. The van der Waals surface area contributed by atoms with Crippen LogP contribution in [-0.4, -0.2) is 74.9 Å². The number of nitrogens with zero attached hydrogens (tertiary/aromatic N) is 1. The largest absolute Gasteiger partial charge is 0.420 e. The molecule has 0 atom stereocenters. The maximum atomic E-state index is 16.0. The first-order valence-electron chi connectivity index (χ1n) is 17.3. The van der Waals surface area contributed by atoms with E-state index in [0.29, 0.717) is 11.6 Å². The lowest BCUT2D eigenvalue weighted by atomic mass is 9.79. The number of likely N-dealkylation sites (N-methyl/N-ethyl adjacent to an activating group) is 2. The number of esters is 1. The Balaban J connectivity index is 1.56. The average Bonchev–Trinajstić information content (AvgIpc) is 3.16. The molecule has 11 nitrogen and oxygen atoms in total. The van der Waals surface area contributed by atoms with Gasteiger partial charge >= 0.3 is 12.1 Å². The highest BCUT2D eigenvalue weighted by Gasteiger charge is 2.47. The quantitative estimate of drug-likeness (QED) is 0.0433. The van der Waals surface area contributed by atoms with Crippen molar-refractivity contribution < 1.29 is 55.4 Å². The summed E-state index contributed by atoms with van der Waals surface area (Å²) < 4.78 is 81.6. The fraction of sp³-hybridized carbons (Fsp3) is 0.275. The molecule has 0 saturated carbocycles. The second kappa shape index (κ2) is 18.4. The third-order valence-corrected chi connectivity index (χ3v) is 8.44. The van der Waals surface area contributed by atoms with E-state index in [9.17, 15) is 37.1 Å². The second-order valence-corrected chi connectivity index (χ2v) is 12.5. The molecule has 4 rings (SSSR count). The Hall–Kier alpha value is -6.16. The molecule has 296 valence electrons. The SMILES string of the molecule is CCNC(=O)C(COCCC(=O)Oc1c(F)cc(NC(=O)c2ccccc2-c2ccc(C(F)(F)F)cc2)c(C(=O)N(C)C)c1F)(C(=O)NCC)c1ccccc1. The number of rotatable bonds is 15. The molecule has 3 N–H and O–H groups in total. The molecule has 56 heavy (non-hydrogen) atoms. The Labute approximate surface area is 319 Å². The van der Waals surface area contributed by atoms with Crippen molar-refractivity contribution in [3.05, 3.63) is 119 Å². The monoisotopic (exact) mass is 782 g/mol. The van der Waals surface area contributed by atoms with Gasteiger partial charge in [0.15, 0.2) is 17.0 Å². The lowest BCUT2D eigenvalue weighted by Crippen LogP contribution is -2.57. The van der Waals surface area contributed by atoms with E-state index in [0.717, 1.165) is 29.2 Å². The van der Waals surface area contributed by atoms with Gasteiger partial charge in [-0.1, -0.05) is 60.7 Å². The molecule has 0 heterocycles. The van der Waals surface area contributed by atoms with E-state index in [1.54, 1.807) is 44.2 Å². The van der Waals surface area contributed by atoms with Gasteiger partial charge in [-0.3, -0.25) is 24.0 Å². The zero-order valence-electron chi connectivity index (χ0n) is 30.8. The standard InChI is InChI=1S/C40H39F5N4O7/c1-5-46-37(53)39(38(54)47-6-2,25-12-8-7-9-13-25)23-55-21-20-31(50)56-34-29(41)22-30(32(33(34)42)36(52)49(3)4)48-35(51)28-15-11-10-14-27(28)24-16-18-26(19-17-24)40(43,44)45/h7-19,22H,5-6,20-21,23H2,1-4H3,(H,46,53)(H,47,54)(H,48,51). The number of carbonyl (C=O) groups is 5. The van der Waals surface area contributed by atoms with Crippen LogP contribution >= 0.6 is 0 Å². The zero-order chi connectivity index (χ0) is 41.2. The van der Waals surface area contributed by atoms with Crippen molar-refractivity contribution in [3.8, 4) is 16.9 Å². The van der Waals surface area contributed by atoms with E-state index in [-0.39, 0.29) is 29.8 Å². The molecule has 4 aromatic carbocycles. The summed E-state index contributed by atoms with van der Waals surface area (Å²) in [7, 11) is 2.52. The van der Waals surface area contributed by atoms with Crippen LogP contribution in [0.1, 0.15) is 52.1 Å². The lowest BCUT2D eigenvalue weighted by Gasteiger charge is -2.31. The summed E-state index contributed by atoms with van der Waals surface area (Å²) in [5.41, 5.74) is -3.60. The van der Waals surface area contributed by atoms with Gasteiger partial charge in [0.25, 0.3) is 11.8 Å². The van der Waals surface area contributed by atoms with Gasteiger partial charge in [0.1, 0.15) is 5.56 Å². The Bertz CT molecular complexity index is 2060. The van der Waals surface area contributed by atoms with Gasteiger partial charge in [-0.25, -0.2) is 8.78 Å². The van der Waals surface area contributed by atoms with E-state index in [4.69, 9.17) is 9.47 Å². The number of anilines is 1. The van der Waals surface area contributed by atoms with Crippen LogP contribution in [0, 0.1) is 11.6 Å². The van der Waals surface area contributed by atoms with Crippen LogP contribution in [-0.2, 0) is 30.7 Å². The van der Waals surface area contributed by atoms with Crippen LogP contribution < -0.4 is 20.7 Å². The second-order valence-electron chi connectivity index (χ2n) is 12.5. The van der Waals surface area contributed by atoms with Crippen LogP contribution in [0.5, 0.6) is 5.75 Å². The molecule has 0 aliphatic rings. The van der Waals surface area contributed by atoms with Crippen LogP contribution in [0.3, 0.4) is 0 Å². The molecular formula is C40H39F5N4O7. The molecule has 4 amide bonds. The molecule has 16 heteroatoms. The number of alkyl halides is 3. The predicted octanol–water partition coefficient (Wildman–Crippen LogP) is 6.13. The van der Waals surface area contributed by atoms with Crippen molar-refractivity contribution in [3.63, 3.8) is 0 Å². The molecule has 0 bridgehead atoms. The highest BCUT2D eigenvalue weighted by molar-refractivity contribution is 6.12. The van der Waals surface area contributed by atoms with E-state index >= 15 is 8.78 Å². The van der Waals surface area contributed by atoms with Crippen LogP contribution in [0.25, 0.3) is 11.1 Å². The van der Waals surface area contributed by atoms with Crippen molar-refractivity contribution >= 4 is 35.3 Å². The molecule has 0 fully saturated rings. The Kier molecular flexibility index (Phi) is 14.0. The lowest BCUT2D eigenvalue weighted by molar-refractivity contribution is -0.142. The fourth-order valence-corrected chi connectivity index (χ4v) is 5.66. The van der Waals surface area contributed by atoms with Gasteiger partial charge in [0, 0.05) is 38.8 Å². The normalized spacial score (nSPS) is 11.4. The number of ether oxygens (including phenoxy) is 2. The number of halogens is 5. The fourth-order valence-electron chi connectivity index (χ4n) is 5.66. The van der Waals surface area contributed by atoms with Crippen LogP contribution in [0.2, 0.25) is 0 Å². The first-order chi connectivity index (χ1) is 26.6. The van der Waals surface area contributed by atoms with E-state index in [2.05, 4.69) is 16.0 Å². The molecular weight excluding hydrogens is 743 g/mol. The predicted molar refractivity (Wildman–Crippen MR) is 196 cm³/mol. The van der Waals surface area contributed by atoms with E-state index < -0.39 is 95.0 Å². The van der Waals surface area contributed by atoms with E-state index in [1.165, 1.54) is 38.4 Å². The highest BCUT2D eigenvalue weighted by Crippen LogP contribution is 2.35. The first-order valence-corrected chi connectivity index (χ1v) is 17.3. The summed E-state index contributed by atoms with van der Waals surface area (Å²) in [6, 6.07) is 18.5. The smallest absolute Gasteiger partial charge is 0.416 e. The van der Waals surface area contributed by atoms with Crippen LogP contribution in [0.15, 0.2) is 84.9 Å². The first kappa shape index (κ1) is 42.6. The van der Waals surface area contributed by atoms with Gasteiger partial charge < -0.3 is 30.3 Å². The van der Waals surface area contributed by atoms with Gasteiger partial charge in [0.2, 0.25) is 17.6 Å². The van der Waals surface area contributed by atoms with Gasteiger partial charge in [0.05, 0.1) is 30.9 Å². The summed E-state index contributed by atoms with van der Waals surface area (Å²) in [5.74, 6) is -8.83. The Morgan fingerprint density at radius 2 is 1.36 bits per heavy atom. The Morgan fingerprint density at radius 1 is 0.768 bits per heavy atom. The zero-order valence-corrected chi connectivity index (χ0v) is 30.8. The van der Waals surface area contributed by atoms with Crippen molar-refractivity contribution in [2.45, 2.75) is 31.9 Å². The number of benzene rings is 4. The van der Waals surface area contributed by atoms with Gasteiger partial charge in [-0.2, -0.15) is 13.2 Å². The number of hydrogen-bond acceptors (Lipinski definition) is 7. The Morgan fingerprint density at radius 3 is 1.93 bits per heavy atom. The third-order valence-electron chi connectivity index (χ3n) is 8.44. The number of carbonyl (C=O) groups excluding carboxylic acids is 5. The van der Waals surface area contributed by atoms with Crippen LogP contribution in [0.4, 0.5) is 27.6 Å². The number of amides is 4. The van der Waals surface area contributed by atoms with Crippen molar-refractivity contribution in [2.24, 2.45) is 0 Å². The topological polar surface area (TPSA) is 143 Å². The molecule has 0 aliphatic carbocycles.